The topological polar surface area (TPSA) is 307 Å². The van der Waals surface area contributed by atoms with E-state index in [0.29, 0.717) is 12.8 Å². The van der Waals surface area contributed by atoms with Gasteiger partial charge in [-0.3, -0.25) is 4.79 Å². The highest BCUT2D eigenvalue weighted by Gasteiger charge is 2.53. The standard InChI is InChI=1S/C62H113NO18/c1-3-5-7-9-10-11-12-13-14-15-16-17-18-19-20-21-22-23-24-25-26-27-28-29-30-31-32-33-34-36-38-40-50(68)63-45(46(67)39-37-35-8-6-4-2)44-76-60-56(74)53(71)58(48(42-65)78-60)81-62-57(75)54(72)59(49(43-66)79-62)80-61-55(73)52(70)51(69)47(41-64)77-61/h12-13,15-16,18-19,45-49,51-62,64-67,69-75H,3-11,14,17,20-44H2,1-2H3,(H,63,68)/b13-12-,16-15-,19-18-. The second kappa shape index (κ2) is 45.3. The third-order valence-corrected chi connectivity index (χ3v) is 16.0. The Bertz CT molecular complexity index is 1620. The Hall–Kier alpha value is -1.99. The van der Waals surface area contributed by atoms with E-state index < -0.39 is 124 Å². The second-order valence-electron chi connectivity index (χ2n) is 22.9. The first-order chi connectivity index (χ1) is 39.3. The average Bonchev–Trinajstić information content (AvgIpc) is 3.48. The molecule has 0 saturated carbocycles. The minimum Gasteiger partial charge on any atom is -0.394 e. The Labute approximate surface area is 485 Å². The normalized spacial score (nSPS) is 30.0. The summed E-state index contributed by atoms with van der Waals surface area (Å²) < 4.78 is 34.1. The fourth-order valence-corrected chi connectivity index (χ4v) is 10.7. The van der Waals surface area contributed by atoms with Gasteiger partial charge in [0.05, 0.1) is 38.6 Å². The molecule has 17 unspecified atom stereocenters. The van der Waals surface area contributed by atoms with Crippen molar-refractivity contribution in [1.82, 2.24) is 5.32 Å². The van der Waals surface area contributed by atoms with E-state index in [1.165, 1.54) is 122 Å². The minimum atomic E-state index is -1.97. The molecule has 3 heterocycles. The first kappa shape index (κ1) is 73.3. The molecule has 3 rings (SSSR count). The third kappa shape index (κ3) is 28.8. The summed E-state index contributed by atoms with van der Waals surface area (Å²) in [5, 5.41) is 120. The Morgan fingerprint density at radius 1 is 0.444 bits per heavy atom. The van der Waals surface area contributed by atoms with Gasteiger partial charge in [0.2, 0.25) is 5.91 Å². The van der Waals surface area contributed by atoms with Crippen molar-refractivity contribution in [2.75, 3.05) is 26.4 Å². The molecule has 17 atom stereocenters. The number of hydrogen-bond acceptors (Lipinski definition) is 18. The summed E-state index contributed by atoms with van der Waals surface area (Å²) in [6.07, 6.45) is 23.3. The molecule has 3 fully saturated rings. The van der Waals surface area contributed by atoms with Crippen molar-refractivity contribution in [1.29, 1.82) is 0 Å². The Morgan fingerprint density at radius 2 is 0.815 bits per heavy atom. The van der Waals surface area contributed by atoms with Crippen LogP contribution < -0.4 is 5.32 Å². The van der Waals surface area contributed by atoms with Crippen molar-refractivity contribution < 1.29 is 89.4 Å². The second-order valence-corrected chi connectivity index (χ2v) is 22.9. The van der Waals surface area contributed by atoms with Crippen molar-refractivity contribution in [3.63, 3.8) is 0 Å². The molecule has 19 heteroatoms. The largest absolute Gasteiger partial charge is 0.394 e. The van der Waals surface area contributed by atoms with Crippen molar-refractivity contribution in [2.45, 2.75) is 324 Å². The minimum absolute atomic E-state index is 0.250. The lowest BCUT2D eigenvalue weighted by molar-refractivity contribution is -0.379. The van der Waals surface area contributed by atoms with Gasteiger partial charge in [-0.25, -0.2) is 0 Å². The molecule has 0 radical (unpaired) electrons. The average molecular weight is 1160 g/mol. The molecule has 0 aromatic rings. The Morgan fingerprint density at radius 3 is 1.27 bits per heavy atom. The highest BCUT2D eigenvalue weighted by Crippen LogP contribution is 2.33. The van der Waals surface area contributed by atoms with Crippen molar-refractivity contribution >= 4 is 5.91 Å². The Kier molecular flexibility index (Phi) is 41.0. The zero-order valence-corrected chi connectivity index (χ0v) is 49.5. The van der Waals surface area contributed by atoms with Crippen LogP contribution in [-0.2, 0) is 33.2 Å². The smallest absolute Gasteiger partial charge is 0.220 e. The van der Waals surface area contributed by atoms with Crippen LogP contribution in [0.25, 0.3) is 0 Å². The van der Waals surface area contributed by atoms with Crippen molar-refractivity contribution in [2.24, 2.45) is 0 Å². The fraction of sp³-hybridized carbons (Fsp3) is 0.887. The number of carbonyl (C=O) groups excluding carboxylic acids is 1. The lowest BCUT2D eigenvalue weighted by Crippen LogP contribution is -2.66. The number of hydrogen-bond donors (Lipinski definition) is 12. The fourth-order valence-electron chi connectivity index (χ4n) is 10.7. The van der Waals surface area contributed by atoms with E-state index in [1.807, 2.05) is 0 Å². The molecular formula is C62H113NO18. The summed E-state index contributed by atoms with van der Waals surface area (Å²) in [4.78, 5) is 13.2. The van der Waals surface area contributed by atoms with E-state index >= 15 is 0 Å². The number of nitrogens with one attached hydrogen (secondary N) is 1. The third-order valence-electron chi connectivity index (χ3n) is 16.0. The molecule has 0 spiro atoms. The van der Waals surface area contributed by atoms with E-state index in [0.717, 1.165) is 64.2 Å². The SMILES string of the molecule is CCCCCCC/C=C\C/C=C\C/C=C\CCCCCCCCCCCCCCCCCCC(=O)NC(COC1OC(CO)C(OC2OC(CO)C(OC3OC(CO)C(O)C(O)C3O)C(O)C2O)C(O)C1O)C(O)CCCCCCC. The summed E-state index contributed by atoms with van der Waals surface area (Å²) in [6, 6.07) is -0.882. The lowest BCUT2D eigenvalue weighted by Gasteiger charge is -2.48. The molecule has 3 saturated heterocycles. The van der Waals surface area contributed by atoms with E-state index in [1.54, 1.807) is 0 Å². The van der Waals surface area contributed by atoms with Gasteiger partial charge < -0.3 is 89.9 Å². The summed E-state index contributed by atoms with van der Waals surface area (Å²) in [7, 11) is 0. The molecule has 474 valence electrons. The maximum atomic E-state index is 13.2. The van der Waals surface area contributed by atoms with Crippen LogP contribution in [0.3, 0.4) is 0 Å². The number of ether oxygens (including phenoxy) is 6. The quantitative estimate of drug-likeness (QED) is 0.0229. The van der Waals surface area contributed by atoms with Crippen LogP contribution in [-0.4, -0.2) is 193 Å². The first-order valence-electron chi connectivity index (χ1n) is 31.7. The summed E-state index contributed by atoms with van der Waals surface area (Å²) >= 11 is 0. The molecule has 12 N–H and O–H groups in total. The Balaban J connectivity index is 1.30. The van der Waals surface area contributed by atoms with Crippen LogP contribution in [0.15, 0.2) is 36.5 Å². The van der Waals surface area contributed by atoms with Crippen LogP contribution in [0.5, 0.6) is 0 Å². The molecule has 1 amide bonds. The van der Waals surface area contributed by atoms with E-state index in [4.69, 9.17) is 28.4 Å². The maximum absolute atomic E-state index is 13.2. The molecule has 3 aliphatic rings. The van der Waals surface area contributed by atoms with E-state index in [2.05, 4.69) is 55.6 Å². The monoisotopic (exact) mass is 1160 g/mol. The number of carbonyl (C=O) groups is 1. The molecule has 3 aliphatic heterocycles. The number of amides is 1. The molecular weight excluding hydrogens is 1050 g/mol. The number of allylic oxidation sites excluding steroid dienone is 6. The van der Waals surface area contributed by atoms with Crippen LogP contribution in [0.4, 0.5) is 0 Å². The number of aliphatic hydroxyl groups is 11. The van der Waals surface area contributed by atoms with Gasteiger partial charge in [-0.05, 0) is 51.4 Å². The lowest BCUT2D eigenvalue weighted by atomic mass is 9.96. The van der Waals surface area contributed by atoms with Gasteiger partial charge in [-0.2, -0.15) is 0 Å². The van der Waals surface area contributed by atoms with Crippen LogP contribution in [0.1, 0.15) is 219 Å². The number of unbranched alkanes of at least 4 members (excludes halogenated alkanes) is 25. The molecule has 0 aromatic heterocycles. The van der Waals surface area contributed by atoms with Crippen LogP contribution in [0, 0.1) is 0 Å². The summed E-state index contributed by atoms with van der Waals surface area (Å²) in [5.74, 6) is -0.250. The molecule has 0 bridgehead atoms. The molecule has 0 aliphatic carbocycles. The first-order valence-corrected chi connectivity index (χ1v) is 31.7. The van der Waals surface area contributed by atoms with Crippen LogP contribution >= 0.6 is 0 Å². The van der Waals surface area contributed by atoms with Gasteiger partial charge >= 0.3 is 0 Å². The van der Waals surface area contributed by atoms with Gasteiger partial charge in [0.1, 0.15) is 73.2 Å². The number of rotatable bonds is 47. The number of aliphatic hydroxyl groups excluding tert-OH is 11. The van der Waals surface area contributed by atoms with Gasteiger partial charge in [0, 0.05) is 6.42 Å². The van der Waals surface area contributed by atoms with Crippen molar-refractivity contribution in [3.8, 4) is 0 Å². The highest BCUT2D eigenvalue weighted by atomic mass is 16.8. The van der Waals surface area contributed by atoms with Gasteiger partial charge in [0.25, 0.3) is 0 Å². The molecule has 0 aromatic carbocycles. The zero-order valence-electron chi connectivity index (χ0n) is 49.5. The maximum Gasteiger partial charge on any atom is 0.220 e. The highest BCUT2D eigenvalue weighted by molar-refractivity contribution is 5.76. The van der Waals surface area contributed by atoms with Crippen LogP contribution in [0.2, 0.25) is 0 Å². The predicted molar refractivity (Wildman–Crippen MR) is 309 cm³/mol. The summed E-state index contributed by atoms with van der Waals surface area (Å²) in [5.41, 5.74) is 0. The van der Waals surface area contributed by atoms with Gasteiger partial charge in [0.15, 0.2) is 18.9 Å². The summed E-state index contributed by atoms with van der Waals surface area (Å²) in [6.45, 7) is 1.67. The predicted octanol–water partition coefficient (Wildman–Crippen LogP) is 6.49. The van der Waals surface area contributed by atoms with E-state index in [-0.39, 0.29) is 18.9 Å². The zero-order chi connectivity index (χ0) is 59.0. The van der Waals surface area contributed by atoms with Crippen molar-refractivity contribution in [3.05, 3.63) is 36.5 Å². The molecule has 19 nitrogen and oxygen atoms in total. The molecule has 81 heavy (non-hydrogen) atoms. The van der Waals surface area contributed by atoms with Gasteiger partial charge in [-0.15, -0.1) is 0 Å². The van der Waals surface area contributed by atoms with E-state index in [9.17, 15) is 61.0 Å². The van der Waals surface area contributed by atoms with Gasteiger partial charge in [-0.1, -0.05) is 198 Å².